The molecule has 1 heterocycles. The van der Waals surface area contributed by atoms with E-state index in [-0.39, 0.29) is 0 Å². The van der Waals surface area contributed by atoms with Crippen molar-refractivity contribution in [3.63, 3.8) is 0 Å². The van der Waals surface area contributed by atoms with Gasteiger partial charge < -0.3 is 5.32 Å². The van der Waals surface area contributed by atoms with Gasteiger partial charge in [-0.1, -0.05) is 13.3 Å². The third-order valence-electron chi connectivity index (χ3n) is 4.59. The van der Waals surface area contributed by atoms with Crippen LogP contribution in [0, 0.1) is 24.7 Å². The molecule has 0 spiro atoms. The van der Waals surface area contributed by atoms with Gasteiger partial charge in [-0.2, -0.15) is 5.10 Å². The number of aromatic nitrogens is 2. The Kier molecular flexibility index (Phi) is 5.07. The van der Waals surface area contributed by atoms with Crippen LogP contribution in [0.2, 0.25) is 0 Å². The van der Waals surface area contributed by atoms with Crippen molar-refractivity contribution in [3.05, 3.63) is 15.9 Å². The highest BCUT2D eigenvalue weighted by molar-refractivity contribution is 9.10. The standard InChI is InChI=1S/C15H26BrN3/c1-10-5-6-12(9-17-3)13(7-10)8-14-15(16)11(2)18-19(14)4/h10,12-13,17H,5-9H2,1-4H3. The summed E-state index contributed by atoms with van der Waals surface area (Å²) in [6, 6.07) is 0. The molecule has 19 heavy (non-hydrogen) atoms. The van der Waals surface area contributed by atoms with E-state index in [1.807, 2.05) is 0 Å². The van der Waals surface area contributed by atoms with Crippen molar-refractivity contribution in [2.75, 3.05) is 13.6 Å². The first kappa shape index (κ1) is 15.0. The SMILES string of the molecule is CNCC1CCC(C)CC1Cc1c(Br)c(C)nn1C. The van der Waals surface area contributed by atoms with Gasteiger partial charge in [-0.15, -0.1) is 0 Å². The molecular formula is C15H26BrN3. The summed E-state index contributed by atoms with van der Waals surface area (Å²) in [5.74, 6) is 2.46. The topological polar surface area (TPSA) is 29.9 Å². The molecule has 1 N–H and O–H groups in total. The summed E-state index contributed by atoms with van der Waals surface area (Å²) in [5, 5.41) is 7.89. The Morgan fingerprint density at radius 1 is 1.37 bits per heavy atom. The molecule has 0 aromatic carbocycles. The Labute approximate surface area is 125 Å². The predicted molar refractivity (Wildman–Crippen MR) is 83.3 cm³/mol. The van der Waals surface area contributed by atoms with E-state index >= 15 is 0 Å². The quantitative estimate of drug-likeness (QED) is 0.919. The van der Waals surface area contributed by atoms with Crippen molar-refractivity contribution in [1.29, 1.82) is 0 Å². The predicted octanol–water partition coefficient (Wildman–Crippen LogP) is 3.31. The maximum atomic E-state index is 4.52. The number of rotatable bonds is 4. The maximum Gasteiger partial charge on any atom is 0.0738 e. The van der Waals surface area contributed by atoms with Crippen LogP contribution in [0.1, 0.15) is 37.6 Å². The molecule has 4 heteroatoms. The van der Waals surface area contributed by atoms with Gasteiger partial charge in [-0.3, -0.25) is 4.68 Å². The fraction of sp³-hybridized carbons (Fsp3) is 0.800. The van der Waals surface area contributed by atoms with Crippen LogP contribution in [0.15, 0.2) is 4.47 Å². The fourth-order valence-electron chi connectivity index (χ4n) is 3.49. The second-order valence-electron chi connectivity index (χ2n) is 6.17. The van der Waals surface area contributed by atoms with Gasteiger partial charge >= 0.3 is 0 Å². The van der Waals surface area contributed by atoms with Crippen LogP contribution in [-0.2, 0) is 13.5 Å². The molecule has 0 saturated heterocycles. The summed E-state index contributed by atoms with van der Waals surface area (Å²) >= 11 is 3.70. The lowest BCUT2D eigenvalue weighted by molar-refractivity contribution is 0.183. The molecule has 3 nitrogen and oxygen atoms in total. The van der Waals surface area contributed by atoms with Gasteiger partial charge in [-0.05, 0) is 73.5 Å². The van der Waals surface area contributed by atoms with Crippen molar-refractivity contribution in [2.24, 2.45) is 24.8 Å². The highest BCUT2D eigenvalue weighted by Gasteiger charge is 2.29. The van der Waals surface area contributed by atoms with Crippen LogP contribution in [0.25, 0.3) is 0 Å². The summed E-state index contributed by atoms with van der Waals surface area (Å²) in [7, 11) is 4.13. The molecule has 3 unspecified atom stereocenters. The van der Waals surface area contributed by atoms with Crippen molar-refractivity contribution < 1.29 is 0 Å². The molecule has 108 valence electrons. The minimum absolute atomic E-state index is 0.780. The van der Waals surface area contributed by atoms with E-state index in [1.54, 1.807) is 0 Å². The molecule has 2 rings (SSSR count). The van der Waals surface area contributed by atoms with E-state index in [1.165, 1.54) is 29.4 Å². The molecule has 1 aromatic heterocycles. The van der Waals surface area contributed by atoms with Gasteiger partial charge in [0.25, 0.3) is 0 Å². The van der Waals surface area contributed by atoms with Gasteiger partial charge in [0, 0.05) is 7.05 Å². The van der Waals surface area contributed by atoms with Crippen LogP contribution in [-0.4, -0.2) is 23.4 Å². The van der Waals surface area contributed by atoms with E-state index in [9.17, 15) is 0 Å². The van der Waals surface area contributed by atoms with Crippen molar-refractivity contribution >= 4 is 15.9 Å². The maximum absolute atomic E-state index is 4.52. The second kappa shape index (κ2) is 6.40. The molecule has 1 aliphatic rings. The van der Waals surface area contributed by atoms with Crippen molar-refractivity contribution in [1.82, 2.24) is 15.1 Å². The zero-order valence-corrected chi connectivity index (χ0v) is 14.1. The second-order valence-corrected chi connectivity index (χ2v) is 6.96. The number of halogens is 1. The summed E-state index contributed by atoms with van der Waals surface area (Å²) in [6.07, 6.45) is 5.24. The summed E-state index contributed by atoms with van der Waals surface area (Å²) in [5.41, 5.74) is 2.46. The highest BCUT2D eigenvalue weighted by Crippen LogP contribution is 2.37. The van der Waals surface area contributed by atoms with Crippen LogP contribution >= 0.6 is 15.9 Å². The zero-order chi connectivity index (χ0) is 14.0. The van der Waals surface area contributed by atoms with Crippen molar-refractivity contribution in [2.45, 2.75) is 39.5 Å². The molecule has 3 atom stereocenters. The average molecular weight is 328 g/mol. The van der Waals surface area contributed by atoms with E-state index in [2.05, 4.69) is 59.0 Å². The summed E-state index contributed by atoms with van der Waals surface area (Å²) in [4.78, 5) is 0. The highest BCUT2D eigenvalue weighted by atomic mass is 79.9. The summed E-state index contributed by atoms with van der Waals surface area (Å²) < 4.78 is 3.26. The van der Waals surface area contributed by atoms with Crippen LogP contribution in [0.4, 0.5) is 0 Å². The van der Waals surface area contributed by atoms with E-state index < -0.39 is 0 Å². The van der Waals surface area contributed by atoms with E-state index in [0.29, 0.717) is 0 Å². The molecule has 1 aromatic rings. The lowest BCUT2D eigenvalue weighted by atomic mass is 9.72. The van der Waals surface area contributed by atoms with Crippen LogP contribution < -0.4 is 5.32 Å². The molecule has 1 saturated carbocycles. The number of nitrogens with one attached hydrogen (secondary N) is 1. The minimum Gasteiger partial charge on any atom is -0.319 e. The number of aryl methyl sites for hydroxylation is 2. The minimum atomic E-state index is 0.780. The summed E-state index contributed by atoms with van der Waals surface area (Å²) in [6.45, 7) is 5.61. The van der Waals surface area contributed by atoms with Gasteiger partial charge in [-0.25, -0.2) is 0 Å². The van der Waals surface area contributed by atoms with Crippen molar-refractivity contribution in [3.8, 4) is 0 Å². The Morgan fingerprint density at radius 2 is 2.11 bits per heavy atom. The molecule has 0 radical (unpaired) electrons. The van der Waals surface area contributed by atoms with Gasteiger partial charge in [0.05, 0.1) is 15.9 Å². The lowest BCUT2D eigenvalue weighted by Gasteiger charge is -2.35. The smallest absolute Gasteiger partial charge is 0.0738 e. The molecule has 0 amide bonds. The Hall–Kier alpha value is -0.350. The fourth-order valence-corrected chi connectivity index (χ4v) is 3.99. The zero-order valence-electron chi connectivity index (χ0n) is 12.5. The lowest BCUT2D eigenvalue weighted by Crippen LogP contribution is -2.32. The molecule has 1 aliphatic carbocycles. The monoisotopic (exact) mass is 327 g/mol. The molecule has 1 fully saturated rings. The molecular weight excluding hydrogens is 302 g/mol. The number of hydrogen-bond donors (Lipinski definition) is 1. The average Bonchev–Trinajstić information content (AvgIpc) is 2.59. The Balaban J connectivity index is 2.13. The van der Waals surface area contributed by atoms with Gasteiger partial charge in [0.15, 0.2) is 0 Å². The third-order valence-corrected chi connectivity index (χ3v) is 5.62. The van der Waals surface area contributed by atoms with Gasteiger partial charge in [0.1, 0.15) is 0 Å². The van der Waals surface area contributed by atoms with Gasteiger partial charge in [0.2, 0.25) is 0 Å². The number of nitrogens with zero attached hydrogens (tertiary/aromatic N) is 2. The molecule has 0 aliphatic heterocycles. The number of hydrogen-bond acceptors (Lipinski definition) is 2. The first-order chi connectivity index (χ1) is 9.02. The Morgan fingerprint density at radius 3 is 2.68 bits per heavy atom. The van der Waals surface area contributed by atoms with Crippen LogP contribution in [0.3, 0.4) is 0 Å². The normalized spacial score (nSPS) is 27.7. The van der Waals surface area contributed by atoms with Crippen LogP contribution in [0.5, 0.6) is 0 Å². The first-order valence-corrected chi connectivity index (χ1v) is 8.14. The van der Waals surface area contributed by atoms with E-state index in [0.717, 1.165) is 36.4 Å². The third kappa shape index (κ3) is 3.40. The largest absolute Gasteiger partial charge is 0.319 e. The Bertz CT molecular complexity index is 427. The first-order valence-electron chi connectivity index (χ1n) is 7.35. The van der Waals surface area contributed by atoms with E-state index in [4.69, 9.17) is 0 Å². The molecule has 0 bridgehead atoms.